The number of esters is 1. The summed E-state index contributed by atoms with van der Waals surface area (Å²) < 4.78 is 15.8. The molecule has 0 radical (unpaired) electrons. The molecule has 3 rings (SSSR count). The molecule has 0 aliphatic carbocycles. The van der Waals surface area contributed by atoms with Gasteiger partial charge in [0.1, 0.15) is 5.69 Å². The molecule has 8 heteroatoms. The Bertz CT molecular complexity index is 946. The van der Waals surface area contributed by atoms with E-state index in [0.29, 0.717) is 28.3 Å². The molecular formula is C20H22N2O6. The third-order valence-electron chi connectivity index (χ3n) is 4.55. The maximum Gasteiger partial charge on any atom is 0.355 e. The molecule has 0 spiro atoms. The number of ether oxygens (including phenoxy) is 3. The first-order chi connectivity index (χ1) is 13.3. The van der Waals surface area contributed by atoms with E-state index in [9.17, 15) is 14.4 Å². The zero-order chi connectivity index (χ0) is 20.4. The number of aromatic amines is 1. The lowest BCUT2D eigenvalue weighted by Gasteiger charge is -2.13. The van der Waals surface area contributed by atoms with E-state index in [-0.39, 0.29) is 24.8 Å². The lowest BCUT2D eigenvalue weighted by Crippen LogP contribution is -2.35. The minimum Gasteiger partial charge on any atom is -0.454 e. The molecule has 1 aromatic carbocycles. The lowest BCUT2D eigenvalue weighted by atomic mass is 10.1. The molecule has 148 valence electrons. The summed E-state index contributed by atoms with van der Waals surface area (Å²) >= 11 is 0. The Morgan fingerprint density at radius 2 is 1.93 bits per heavy atom. The van der Waals surface area contributed by atoms with Gasteiger partial charge in [-0.2, -0.15) is 0 Å². The van der Waals surface area contributed by atoms with Gasteiger partial charge in [-0.05, 0) is 51.0 Å². The number of aryl methyl sites for hydroxylation is 1. The van der Waals surface area contributed by atoms with Gasteiger partial charge in [0.2, 0.25) is 6.79 Å². The number of aromatic nitrogens is 1. The second-order valence-corrected chi connectivity index (χ2v) is 6.63. The summed E-state index contributed by atoms with van der Waals surface area (Å²) in [6.07, 6.45) is -0.995. The number of amides is 1. The molecule has 1 aliphatic rings. The van der Waals surface area contributed by atoms with E-state index in [1.54, 1.807) is 26.0 Å². The van der Waals surface area contributed by atoms with Crippen LogP contribution in [-0.4, -0.2) is 35.5 Å². The van der Waals surface area contributed by atoms with Gasteiger partial charge in [-0.1, -0.05) is 6.07 Å². The van der Waals surface area contributed by atoms with E-state index in [4.69, 9.17) is 14.2 Å². The van der Waals surface area contributed by atoms with E-state index in [1.165, 1.54) is 13.8 Å². The monoisotopic (exact) mass is 386 g/mol. The SMILES string of the molecule is CC(=O)c1c(C)[nH]c(C(=O)OC(C)C(=O)NCc2ccc3c(c2)OCO3)c1C. The van der Waals surface area contributed by atoms with Crippen LogP contribution < -0.4 is 14.8 Å². The minimum absolute atomic E-state index is 0.139. The molecule has 8 nitrogen and oxygen atoms in total. The number of hydrogen-bond acceptors (Lipinski definition) is 6. The van der Waals surface area contributed by atoms with Crippen LogP contribution in [0.15, 0.2) is 18.2 Å². The van der Waals surface area contributed by atoms with Gasteiger partial charge in [-0.3, -0.25) is 9.59 Å². The fraction of sp³-hybridized carbons (Fsp3) is 0.350. The normalized spacial score (nSPS) is 13.1. The number of nitrogens with one attached hydrogen (secondary N) is 2. The Morgan fingerprint density at radius 1 is 1.21 bits per heavy atom. The second-order valence-electron chi connectivity index (χ2n) is 6.63. The average molecular weight is 386 g/mol. The summed E-state index contributed by atoms with van der Waals surface area (Å²) in [7, 11) is 0. The number of benzene rings is 1. The number of hydrogen-bond donors (Lipinski definition) is 2. The summed E-state index contributed by atoms with van der Waals surface area (Å²) in [6.45, 7) is 6.74. The highest BCUT2D eigenvalue weighted by Gasteiger charge is 2.24. The average Bonchev–Trinajstić information content (AvgIpc) is 3.22. The third kappa shape index (κ3) is 3.85. The number of carbonyl (C=O) groups excluding carboxylic acids is 3. The van der Waals surface area contributed by atoms with Crippen LogP contribution in [0.1, 0.15) is 51.5 Å². The molecule has 2 N–H and O–H groups in total. The van der Waals surface area contributed by atoms with Crippen LogP contribution in [0.3, 0.4) is 0 Å². The van der Waals surface area contributed by atoms with Crippen molar-refractivity contribution in [3.63, 3.8) is 0 Å². The summed E-state index contributed by atoms with van der Waals surface area (Å²) in [6, 6.07) is 5.38. The number of fused-ring (bicyclic) bond motifs is 1. The maximum atomic E-state index is 12.4. The van der Waals surface area contributed by atoms with Gasteiger partial charge in [-0.15, -0.1) is 0 Å². The van der Waals surface area contributed by atoms with Crippen LogP contribution in [-0.2, 0) is 16.1 Å². The number of Topliss-reactive ketones (excluding diaryl/α,β-unsaturated/α-hetero) is 1. The summed E-state index contributed by atoms with van der Waals surface area (Å²) in [5.74, 6) is 0.0430. The molecule has 0 bridgehead atoms. The first-order valence-corrected chi connectivity index (χ1v) is 8.85. The fourth-order valence-corrected chi connectivity index (χ4v) is 3.14. The Hall–Kier alpha value is -3.29. The Labute approximate surface area is 162 Å². The van der Waals surface area contributed by atoms with Crippen LogP contribution in [0.4, 0.5) is 0 Å². The standard InChI is InChI=1S/C20H22N2O6/c1-10-17(12(3)23)11(2)22-18(10)20(25)28-13(4)19(24)21-8-14-5-6-15-16(7-14)27-9-26-15/h5-7,13,22H,8-9H2,1-4H3,(H,21,24). The van der Waals surface area contributed by atoms with Crippen LogP contribution in [0.2, 0.25) is 0 Å². The van der Waals surface area contributed by atoms with Gasteiger partial charge < -0.3 is 24.5 Å². The first kappa shape index (κ1) is 19.5. The maximum absolute atomic E-state index is 12.4. The van der Waals surface area contributed by atoms with Crippen molar-refractivity contribution >= 4 is 17.7 Å². The van der Waals surface area contributed by atoms with Crippen molar-refractivity contribution in [2.24, 2.45) is 0 Å². The summed E-state index contributed by atoms with van der Waals surface area (Å²) in [5.41, 5.74) is 2.59. The highest BCUT2D eigenvalue weighted by Crippen LogP contribution is 2.32. The van der Waals surface area contributed by atoms with Crippen molar-refractivity contribution in [1.29, 1.82) is 0 Å². The van der Waals surface area contributed by atoms with Gasteiger partial charge in [0.05, 0.1) is 0 Å². The number of ketones is 1. The summed E-state index contributed by atoms with van der Waals surface area (Å²) in [5, 5.41) is 2.72. The van der Waals surface area contributed by atoms with Crippen LogP contribution in [0.5, 0.6) is 11.5 Å². The van der Waals surface area contributed by atoms with Gasteiger partial charge in [0.15, 0.2) is 23.4 Å². The third-order valence-corrected chi connectivity index (χ3v) is 4.55. The van der Waals surface area contributed by atoms with Crippen molar-refractivity contribution < 1.29 is 28.6 Å². The van der Waals surface area contributed by atoms with E-state index in [2.05, 4.69) is 10.3 Å². The predicted octanol–water partition coefficient (Wildman–Crippen LogP) is 2.42. The lowest BCUT2D eigenvalue weighted by molar-refractivity contribution is -0.129. The van der Waals surface area contributed by atoms with Crippen molar-refractivity contribution in [3.8, 4) is 11.5 Å². The Kier molecular flexibility index (Phi) is 5.39. The molecular weight excluding hydrogens is 364 g/mol. The molecule has 2 heterocycles. The number of H-pyrrole nitrogens is 1. The molecule has 28 heavy (non-hydrogen) atoms. The van der Waals surface area contributed by atoms with Crippen molar-refractivity contribution in [2.45, 2.75) is 40.3 Å². The minimum atomic E-state index is -0.995. The molecule has 1 atom stereocenters. The Balaban J connectivity index is 1.59. The van der Waals surface area contributed by atoms with Gasteiger partial charge in [0, 0.05) is 17.8 Å². The first-order valence-electron chi connectivity index (χ1n) is 8.85. The fourth-order valence-electron chi connectivity index (χ4n) is 3.14. The Morgan fingerprint density at radius 3 is 2.61 bits per heavy atom. The number of rotatable bonds is 6. The summed E-state index contributed by atoms with van der Waals surface area (Å²) in [4.78, 5) is 39.2. The quantitative estimate of drug-likeness (QED) is 0.583. The van der Waals surface area contributed by atoms with Crippen molar-refractivity contribution in [2.75, 3.05) is 6.79 Å². The van der Waals surface area contributed by atoms with Crippen LogP contribution in [0.25, 0.3) is 0 Å². The molecule has 1 aromatic heterocycles. The van der Waals surface area contributed by atoms with Gasteiger partial charge >= 0.3 is 5.97 Å². The molecule has 1 aliphatic heterocycles. The molecule has 1 amide bonds. The van der Waals surface area contributed by atoms with E-state index < -0.39 is 18.0 Å². The van der Waals surface area contributed by atoms with E-state index in [1.807, 2.05) is 6.07 Å². The molecule has 1 unspecified atom stereocenters. The zero-order valence-electron chi connectivity index (χ0n) is 16.2. The molecule has 2 aromatic rings. The molecule has 0 saturated heterocycles. The van der Waals surface area contributed by atoms with Crippen molar-refractivity contribution in [1.82, 2.24) is 10.3 Å². The number of carbonyl (C=O) groups is 3. The highest BCUT2D eigenvalue weighted by molar-refractivity contribution is 6.01. The van der Waals surface area contributed by atoms with Crippen molar-refractivity contribution in [3.05, 3.63) is 46.3 Å². The predicted molar refractivity (Wildman–Crippen MR) is 99.6 cm³/mol. The smallest absolute Gasteiger partial charge is 0.355 e. The largest absolute Gasteiger partial charge is 0.454 e. The highest BCUT2D eigenvalue weighted by atomic mass is 16.7. The zero-order valence-corrected chi connectivity index (χ0v) is 16.2. The second kappa shape index (κ2) is 7.75. The topological polar surface area (TPSA) is 107 Å². The van der Waals surface area contributed by atoms with Gasteiger partial charge in [0.25, 0.3) is 5.91 Å². The van der Waals surface area contributed by atoms with E-state index >= 15 is 0 Å². The van der Waals surface area contributed by atoms with Gasteiger partial charge in [-0.25, -0.2) is 4.79 Å². The molecule has 0 fully saturated rings. The van der Waals surface area contributed by atoms with Crippen LogP contribution >= 0.6 is 0 Å². The van der Waals surface area contributed by atoms with Crippen LogP contribution in [0, 0.1) is 13.8 Å². The van der Waals surface area contributed by atoms with E-state index in [0.717, 1.165) is 5.56 Å². The molecule has 0 saturated carbocycles.